The van der Waals surface area contributed by atoms with Gasteiger partial charge in [-0.1, -0.05) is 36.4 Å². The van der Waals surface area contributed by atoms with Crippen LogP contribution in [0.2, 0.25) is 0 Å². The third-order valence-corrected chi connectivity index (χ3v) is 7.47. The molecule has 0 aliphatic carbocycles. The molecule has 178 valence electrons. The van der Waals surface area contributed by atoms with Crippen LogP contribution in [0, 0.1) is 0 Å². The second-order valence-corrected chi connectivity index (χ2v) is 9.57. The average molecular weight is 460 g/mol. The molecule has 2 amide bonds. The van der Waals surface area contributed by atoms with Gasteiger partial charge in [-0.25, -0.2) is 0 Å². The fourth-order valence-corrected chi connectivity index (χ4v) is 5.43. The van der Waals surface area contributed by atoms with Crippen LogP contribution >= 0.6 is 0 Å². The van der Waals surface area contributed by atoms with Crippen LogP contribution < -0.4 is 5.73 Å². The lowest BCUT2D eigenvalue weighted by molar-refractivity contribution is -0.135. The maximum atomic E-state index is 14.0. The standard InChI is InChI=1S/C27H33N5O2/c1-29-12-10-23(11-13-29)30-15-17-31(18-16-30)27(34)25(21-5-3-2-4-6-21)32-14-9-20-7-8-22(26(28)33)19-24(20)32/h2-9,14,19,23,25H,10-13,15-18H2,1H3,(H2,28,33)/t25-/m1/s1. The van der Waals surface area contributed by atoms with Crippen molar-refractivity contribution in [3.05, 3.63) is 71.9 Å². The highest BCUT2D eigenvalue weighted by Gasteiger charge is 2.33. The van der Waals surface area contributed by atoms with Gasteiger partial charge < -0.3 is 20.1 Å². The highest BCUT2D eigenvalue weighted by Crippen LogP contribution is 2.29. The summed E-state index contributed by atoms with van der Waals surface area (Å²) in [6.45, 7) is 5.60. The maximum absolute atomic E-state index is 14.0. The molecule has 2 N–H and O–H groups in total. The first kappa shape index (κ1) is 22.6. The predicted octanol–water partition coefficient (Wildman–Crippen LogP) is 2.57. The van der Waals surface area contributed by atoms with Crippen LogP contribution in [0.15, 0.2) is 60.8 Å². The molecule has 0 saturated carbocycles. The van der Waals surface area contributed by atoms with Crippen molar-refractivity contribution < 1.29 is 9.59 Å². The molecule has 2 aliphatic heterocycles. The summed E-state index contributed by atoms with van der Waals surface area (Å²) in [7, 11) is 2.19. The lowest BCUT2D eigenvalue weighted by Gasteiger charge is -2.43. The van der Waals surface area contributed by atoms with E-state index in [4.69, 9.17) is 5.73 Å². The smallest absolute Gasteiger partial charge is 0.250 e. The lowest BCUT2D eigenvalue weighted by atomic mass is 10.0. The number of primary amides is 1. The maximum Gasteiger partial charge on any atom is 0.250 e. The molecule has 34 heavy (non-hydrogen) atoms. The van der Waals surface area contributed by atoms with Crippen molar-refractivity contribution in [3.63, 3.8) is 0 Å². The molecule has 3 aromatic rings. The van der Waals surface area contributed by atoms with Crippen molar-refractivity contribution >= 4 is 22.7 Å². The molecule has 2 aromatic carbocycles. The van der Waals surface area contributed by atoms with Crippen molar-refractivity contribution in [2.24, 2.45) is 5.73 Å². The van der Waals surface area contributed by atoms with Gasteiger partial charge >= 0.3 is 0 Å². The molecular weight excluding hydrogens is 426 g/mol. The van der Waals surface area contributed by atoms with E-state index >= 15 is 0 Å². The number of piperazine rings is 1. The van der Waals surface area contributed by atoms with Crippen LogP contribution in [-0.4, -0.2) is 83.4 Å². The summed E-state index contributed by atoms with van der Waals surface area (Å²) in [5, 5.41) is 0.978. The Labute approximate surface area is 200 Å². The lowest BCUT2D eigenvalue weighted by Crippen LogP contribution is -2.55. The first-order valence-corrected chi connectivity index (χ1v) is 12.2. The van der Waals surface area contributed by atoms with Crippen molar-refractivity contribution in [2.75, 3.05) is 46.3 Å². The molecule has 7 nitrogen and oxygen atoms in total. The van der Waals surface area contributed by atoms with E-state index in [-0.39, 0.29) is 5.91 Å². The van der Waals surface area contributed by atoms with Gasteiger partial charge in [-0.2, -0.15) is 0 Å². The molecule has 2 aliphatic rings. The highest BCUT2D eigenvalue weighted by atomic mass is 16.2. The van der Waals surface area contributed by atoms with E-state index in [1.807, 2.05) is 58.1 Å². The van der Waals surface area contributed by atoms with Crippen LogP contribution in [0.3, 0.4) is 0 Å². The summed E-state index contributed by atoms with van der Waals surface area (Å²) >= 11 is 0. The van der Waals surface area contributed by atoms with Gasteiger partial charge in [0.1, 0.15) is 6.04 Å². The zero-order chi connectivity index (χ0) is 23.7. The molecule has 2 fully saturated rings. The minimum absolute atomic E-state index is 0.0937. The van der Waals surface area contributed by atoms with E-state index in [0.717, 1.165) is 55.7 Å². The van der Waals surface area contributed by atoms with Crippen molar-refractivity contribution in [3.8, 4) is 0 Å². The van der Waals surface area contributed by atoms with Gasteiger partial charge in [0.15, 0.2) is 0 Å². The molecule has 0 unspecified atom stereocenters. The van der Waals surface area contributed by atoms with Gasteiger partial charge in [0.05, 0.1) is 0 Å². The third-order valence-electron chi connectivity index (χ3n) is 7.47. The number of carbonyl (C=O) groups excluding carboxylic acids is 2. The molecule has 1 aromatic heterocycles. The first-order valence-electron chi connectivity index (χ1n) is 12.2. The Morgan fingerprint density at radius 1 is 0.912 bits per heavy atom. The van der Waals surface area contributed by atoms with E-state index in [0.29, 0.717) is 11.6 Å². The Morgan fingerprint density at radius 2 is 1.62 bits per heavy atom. The third kappa shape index (κ3) is 4.45. The predicted molar refractivity (Wildman–Crippen MR) is 134 cm³/mol. The van der Waals surface area contributed by atoms with Gasteiger partial charge in [-0.05, 0) is 62.1 Å². The number of piperidine rings is 1. The van der Waals surface area contributed by atoms with Gasteiger partial charge in [-0.15, -0.1) is 0 Å². The number of likely N-dealkylation sites (tertiary alicyclic amines) is 1. The summed E-state index contributed by atoms with van der Waals surface area (Å²) in [5.74, 6) is -0.376. The summed E-state index contributed by atoms with van der Waals surface area (Å²) in [6, 6.07) is 17.4. The van der Waals surface area contributed by atoms with E-state index in [2.05, 4.69) is 16.8 Å². The first-order chi connectivity index (χ1) is 16.5. The quantitative estimate of drug-likeness (QED) is 0.636. The summed E-state index contributed by atoms with van der Waals surface area (Å²) in [5.41, 5.74) is 7.76. The SMILES string of the molecule is CN1CCC(N2CCN(C(=O)[C@@H](c3ccccc3)n3ccc4ccc(C(N)=O)cc43)CC2)CC1. The molecule has 0 bridgehead atoms. The fraction of sp³-hybridized carbons (Fsp3) is 0.407. The van der Waals surface area contributed by atoms with E-state index < -0.39 is 11.9 Å². The van der Waals surface area contributed by atoms with Crippen LogP contribution in [0.25, 0.3) is 10.9 Å². The highest BCUT2D eigenvalue weighted by molar-refractivity contribution is 5.97. The number of benzene rings is 2. The zero-order valence-electron chi connectivity index (χ0n) is 19.8. The second kappa shape index (κ2) is 9.60. The van der Waals surface area contributed by atoms with Gasteiger partial charge in [0.25, 0.3) is 0 Å². The Hall–Kier alpha value is -3.16. The molecule has 7 heteroatoms. The van der Waals surface area contributed by atoms with E-state index in [9.17, 15) is 9.59 Å². The molecule has 2 saturated heterocycles. The normalized spacial score (nSPS) is 19.4. The van der Waals surface area contributed by atoms with Crippen LogP contribution in [0.5, 0.6) is 0 Å². The number of hydrogen-bond donors (Lipinski definition) is 1. The topological polar surface area (TPSA) is 74.8 Å². The Morgan fingerprint density at radius 3 is 2.29 bits per heavy atom. The molecule has 0 spiro atoms. The van der Waals surface area contributed by atoms with Gasteiger partial charge in [0, 0.05) is 49.5 Å². The number of carbonyl (C=O) groups is 2. The fourth-order valence-electron chi connectivity index (χ4n) is 5.43. The minimum atomic E-state index is -0.489. The minimum Gasteiger partial charge on any atom is -0.366 e. The largest absolute Gasteiger partial charge is 0.366 e. The Bertz CT molecular complexity index is 1160. The average Bonchev–Trinajstić information content (AvgIpc) is 3.28. The van der Waals surface area contributed by atoms with Crippen LogP contribution in [0.4, 0.5) is 0 Å². The number of nitrogens with zero attached hydrogens (tertiary/aromatic N) is 4. The Balaban J connectivity index is 1.41. The molecule has 1 atom stereocenters. The number of nitrogens with two attached hydrogens (primary N) is 1. The van der Waals surface area contributed by atoms with Crippen LogP contribution in [0.1, 0.15) is 34.8 Å². The van der Waals surface area contributed by atoms with E-state index in [1.54, 1.807) is 12.1 Å². The van der Waals surface area contributed by atoms with E-state index in [1.165, 1.54) is 12.8 Å². The second-order valence-electron chi connectivity index (χ2n) is 9.57. The molecule has 0 radical (unpaired) electrons. The molecule has 3 heterocycles. The van der Waals surface area contributed by atoms with Crippen molar-refractivity contribution in [2.45, 2.75) is 24.9 Å². The van der Waals surface area contributed by atoms with Crippen molar-refractivity contribution in [1.82, 2.24) is 19.3 Å². The summed E-state index contributed by atoms with van der Waals surface area (Å²) in [6.07, 6.45) is 4.35. The monoisotopic (exact) mass is 459 g/mol. The van der Waals surface area contributed by atoms with Gasteiger partial charge in [-0.3, -0.25) is 14.5 Å². The van der Waals surface area contributed by atoms with Gasteiger partial charge in [0.2, 0.25) is 11.8 Å². The number of aromatic nitrogens is 1. The zero-order valence-corrected chi connectivity index (χ0v) is 19.8. The molecular formula is C27H33N5O2. The summed E-state index contributed by atoms with van der Waals surface area (Å²) < 4.78 is 1.99. The van der Waals surface area contributed by atoms with Crippen LogP contribution in [-0.2, 0) is 4.79 Å². The summed E-state index contributed by atoms with van der Waals surface area (Å²) in [4.78, 5) is 32.8. The molecule has 5 rings (SSSR count). The number of amides is 2. The Kier molecular flexibility index (Phi) is 6.39. The number of hydrogen-bond acceptors (Lipinski definition) is 4. The number of rotatable bonds is 5. The van der Waals surface area contributed by atoms with Crippen molar-refractivity contribution in [1.29, 1.82) is 0 Å². The number of fused-ring (bicyclic) bond motifs is 1.